The van der Waals surface area contributed by atoms with Gasteiger partial charge in [0.2, 0.25) is 5.82 Å². The highest BCUT2D eigenvalue weighted by atomic mass is 19.1. The van der Waals surface area contributed by atoms with Crippen molar-refractivity contribution in [2.75, 3.05) is 7.05 Å². The quantitative estimate of drug-likeness (QED) is 0.617. The molecule has 1 N–H and O–H groups in total. The largest absolute Gasteiger partial charge is 0.311 e. The van der Waals surface area contributed by atoms with Crippen LogP contribution in [0.15, 0.2) is 18.2 Å². The lowest BCUT2D eigenvalue weighted by Gasteiger charge is -2.24. The van der Waals surface area contributed by atoms with Crippen molar-refractivity contribution in [3.05, 3.63) is 39.7 Å². The molecule has 0 aliphatic heterocycles. The number of nitro benzene ring substituents is 1. The Labute approximate surface area is 87.3 Å². The topological polar surface area (TPSA) is 55.2 Å². The van der Waals surface area contributed by atoms with E-state index in [0.717, 1.165) is 0 Å². The van der Waals surface area contributed by atoms with Crippen LogP contribution < -0.4 is 5.32 Å². The van der Waals surface area contributed by atoms with Gasteiger partial charge >= 0.3 is 5.69 Å². The fourth-order valence-electron chi connectivity index (χ4n) is 1.19. The van der Waals surface area contributed by atoms with Gasteiger partial charge in [-0.1, -0.05) is 6.07 Å². The van der Waals surface area contributed by atoms with E-state index in [0.29, 0.717) is 5.56 Å². The molecule has 0 spiro atoms. The molecule has 0 atom stereocenters. The summed E-state index contributed by atoms with van der Waals surface area (Å²) in [6, 6.07) is 3.93. The summed E-state index contributed by atoms with van der Waals surface area (Å²) in [7, 11) is 1.75. The van der Waals surface area contributed by atoms with Crippen molar-refractivity contribution >= 4 is 5.69 Å². The molecule has 1 rings (SSSR count). The molecule has 0 aliphatic rings. The average molecular weight is 212 g/mol. The molecule has 0 fully saturated rings. The van der Waals surface area contributed by atoms with Crippen molar-refractivity contribution in [3.63, 3.8) is 0 Å². The third-order valence-electron chi connectivity index (χ3n) is 2.49. The van der Waals surface area contributed by atoms with Gasteiger partial charge in [-0.3, -0.25) is 10.1 Å². The van der Waals surface area contributed by atoms with E-state index in [9.17, 15) is 14.5 Å². The van der Waals surface area contributed by atoms with Crippen LogP contribution in [0.25, 0.3) is 0 Å². The van der Waals surface area contributed by atoms with Crippen LogP contribution in [0.2, 0.25) is 0 Å². The summed E-state index contributed by atoms with van der Waals surface area (Å²) in [6.07, 6.45) is 0. The molecule has 0 heterocycles. The van der Waals surface area contributed by atoms with Gasteiger partial charge < -0.3 is 5.32 Å². The Morgan fingerprint density at radius 3 is 2.47 bits per heavy atom. The monoisotopic (exact) mass is 212 g/mol. The second-order valence-corrected chi connectivity index (χ2v) is 3.80. The van der Waals surface area contributed by atoms with E-state index in [1.54, 1.807) is 13.1 Å². The highest BCUT2D eigenvalue weighted by Gasteiger charge is 2.22. The van der Waals surface area contributed by atoms with Crippen LogP contribution in [-0.2, 0) is 5.54 Å². The summed E-state index contributed by atoms with van der Waals surface area (Å²) in [5.74, 6) is -0.805. The maximum Gasteiger partial charge on any atom is 0.304 e. The van der Waals surface area contributed by atoms with Crippen LogP contribution in [0.1, 0.15) is 19.4 Å². The molecular weight excluding hydrogens is 199 g/mol. The Bertz CT molecular complexity index is 391. The fraction of sp³-hybridized carbons (Fsp3) is 0.400. The maximum atomic E-state index is 13.3. The number of nitro groups is 1. The van der Waals surface area contributed by atoms with Crippen LogP contribution in [0, 0.1) is 15.9 Å². The summed E-state index contributed by atoms with van der Waals surface area (Å²) in [5.41, 5.74) is -0.227. The van der Waals surface area contributed by atoms with Crippen LogP contribution in [0.3, 0.4) is 0 Å². The number of nitrogens with zero attached hydrogens (tertiary/aromatic N) is 1. The van der Waals surface area contributed by atoms with Crippen molar-refractivity contribution in [1.82, 2.24) is 5.32 Å². The summed E-state index contributed by atoms with van der Waals surface area (Å²) >= 11 is 0. The lowest BCUT2D eigenvalue weighted by Crippen LogP contribution is -2.33. The van der Waals surface area contributed by atoms with Gasteiger partial charge in [-0.25, -0.2) is 0 Å². The van der Waals surface area contributed by atoms with Crippen molar-refractivity contribution in [2.45, 2.75) is 19.4 Å². The molecule has 1 aromatic carbocycles. The molecule has 0 amide bonds. The number of nitrogens with one attached hydrogen (secondary N) is 1. The first-order valence-corrected chi connectivity index (χ1v) is 4.52. The number of benzene rings is 1. The fourth-order valence-corrected chi connectivity index (χ4v) is 1.19. The third kappa shape index (κ3) is 2.30. The smallest absolute Gasteiger partial charge is 0.304 e. The van der Waals surface area contributed by atoms with Crippen LogP contribution in [0.4, 0.5) is 10.1 Å². The van der Waals surface area contributed by atoms with Crippen LogP contribution >= 0.6 is 0 Å². The van der Waals surface area contributed by atoms with Crippen molar-refractivity contribution in [2.24, 2.45) is 0 Å². The Morgan fingerprint density at radius 2 is 2.07 bits per heavy atom. The van der Waals surface area contributed by atoms with E-state index in [4.69, 9.17) is 0 Å². The van der Waals surface area contributed by atoms with E-state index in [1.165, 1.54) is 12.1 Å². The lowest BCUT2D eigenvalue weighted by atomic mass is 9.94. The minimum absolute atomic E-state index is 0.407. The van der Waals surface area contributed by atoms with E-state index in [-0.39, 0.29) is 0 Å². The number of hydrogen-bond donors (Lipinski definition) is 1. The minimum Gasteiger partial charge on any atom is -0.311 e. The Morgan fingerprint density at radius 1 is 1.47 bits per heavy atom. The zero-order chi connectivity index (χ0) is 11.6. The Balaban J connectivity index is 3.18. The minimum atomic E-state index is -0.805. The van der Waals surface area contributed by atoms with Crippen molar-refractivity contribution in [1.29, 1.82) is 0 Å². The summed E-state index contributed by atoms with van der Waals surface area (Å²) < 4.78 is 13.3. The molecule has 15 heavy (non-hydrogen) atoms. The van der Waals surface area contributed by atoms with Crippen molar-refractivity contribution < 1.29 is 9.31 Å². The molecule has 82 valence electrons. The normalized spacial score (nSPS) is 11.5. The number of hydrogen-bond acceptors (Lipinski definition) is 3. The SMILES string of the molecule is CNC(C)(C)c1ccc([N+](=O)[O-])c(F)c1. The van der Waals surface area contributed by atoms with Gasteiger partial charge in [-0.05, 0) is 32.5 Å². The zero-order valence-electron chi connectivity index (χ0n) is 8.87. The standard InChI is InChI=1S/C10H13FN2O2/c1-10(2,12-3)7-4-5-9(13(14)15)8(11)6-7/h4-6,12H,1-3H3. The first-order valence-electron chi connectivity index (χ1n) is 4.52. The molecule has 1 aromatic rings. The van der Waals surface area contributed by atoms with Crippen LogP contribution in [0.5, 0.6) is 0 Å². The molecule has 4 nitrogen and oxygen atoms in total. The summed E-state index contributed by atoms with van der Waals surface area (Å²) in [6.45, 7) is 3.74. The second-order valence-electron chi connectivity index (χ2n) is 3.80. The highest BCUT2D eigenvalue weighted by molar-refractivity contribution is 5.37. The highest BCUT2D eigenvalue weighted by Crippen LogP contribution is 2.25. The Kier molecular flexibility index (Phi) is 3.04. The van der Waals surface area contributed by atoms with Gasteiger partial charge in [0.05, 0.1) is 4.92 Å². The molecular formula is C10H13FN2O2. The van der Waals surface area contributed by atoms with E-state index < -0.39 is 22.0 Å². The summed E-state index contributed by atoms with van der Waals surface area (Å²) in [4.78, 5) is 9.67. The van der Waals surface area contributed by atoms with Gasteiger partial charge in [0, 0.05) is 11.6 Å². The average Bonchev–Trinajstić information content (AvgIpc) is 2.17. The van der Waals surface area contributed by atoms with Gasteiger partial charge in [0.25, 0.3) is 0 Å². The maximum absolute atomic E-state index is 13.3. The third-order valence-corrected chi connectivity index (χ3v) is 2.49. The van der Waals surface area contributed by atoms with Gasteiger partial charge in [0.15, 0.2) is 0 Å². The molecule has 5 heteroatoms. The molecule has 0 aliphatic carbocycles. The van der Waals surface area contributed by atoms with Crippen LogP contribution in [-0.4, -0.2) is 12.0 Å². The number of rotatable bonds is 3. The predicted molar refractivity (Wildman–Crippen MR) is 55.1 cm³/mol. The van der Waals surface area contributed by atoms with E-state index in [1.807, 2.05) is 13.8 Å². The van der Waals surface area contributed by atoms with E-state index in [2.05, 4.69) is 5.32 Å². The molecule has 0 aromatic heterocycles. The number of halogens is 1. The van der Waals surface area contributed by atoms with Gasteiger partial charge in [-0.2, -0.15) is 4.39 Å². The molecule has 0 unspecified atom stereocenters. The molecule has 0 saturated carbocycles. The lowest BCUT2D eigenvalue weighted by molar-refractivity contribution is -0.387. The summed E-state index contributed by atoms with van der Waals surface area (Å²) in [5, 5.41) is 13.4. The van der Waals surface area contributed by atoms with Gasteiger partial charge in [0.1, 0.15) is 0 Å². The van der Waals surface area contributed by atoms with Crippen molar-refractivity contribution in [3.8, 4) is 0 Å². The zero-order valence-corrected chi connectivity index (χ0v) is 8.87. The van der Waals surface area contributed by atoms with Gasteiger partial charge in [-0.15, -0.1) is 0 Å². The molecule has 0 saturated heterocycles. The first-order chi connectivity index (χ1) is 6.88. The first kappa shape index (κ1) is 11.6. The Hall–Kier alpha value is -1.49. The second kappa shape index (κ2) is 3.94. The van der Waals surface area contributed by atoms with E-state index >= 15 is 0 Å². The molecule has 0 bridgehead atoms. The predicted octanol–water partition coefficient (Wildman–Crippen LogP) is 2.19. The molecule has 0 radical (unpaired) electrons.